The lowest BCUT2D eigenvalue weighted by Crippen LogP contribution is -2.35. The molecule has 1 aliphatic rings. The number of rotatable bonds is 5. The van der Waals surface area contributed by atoms with Gasteiger partial charge < -0.3 is 5.32 Å². The molecule has 21 heavy (non-hydrogen) atoms. The van der Waals surface area contributed by atoms with Gasteiger partial charge in [0, 0.05) is 18.3 Å². The van der Waals surface area contributed by atoms with Crippen LogP contribution in [0.1, 0.15) is 64.0 Å². The second kappa shape index (κ2) is 6.89. The van der Waals surface area contributed by atoms with Gasteiger partial charge in [0.1, 0.15) is 0 Å². The lowest BCUT2D eigenvalue weighted by atomic mass is 9.83. The Labute approximate surface area is 132 Å². The van der Waals surface area contributed by atoms with Crippen molar-refractivity contribution in [3.05, 3.63) is 29.3 Å². The second-order valence-electron chi connectivity index (χ2n) is 6.47. The van der Waals surface area contributed by atoms with E-state index in [4.69, 9.17) is 0 Å². The normalized spacial score (nSPS) is 24.3. The van der Waals surface area contributed by atoms with Gasteiger partial charge in [-0.1, -0.05) is 19.8 Å². The number of hydrogen-bond donors (Lipinski definition) is 1. The highest BCUT2D eigenvalue weighted by Crippen LogP contribution is 2.29. The van der Waals surface area contributed by atoms with Gasteiger partial charge in [0.15, 0.2) is 0 Å². The number of pyridine rings is 1. The minimum absolute atomic E-state index is 0.400. The lowest BCUT2D eigenvalue weighted by Gasteiger charge is -2.31. The van der Waals surface area contributed by atoms with Crippen molar-refractivity contribution in [1.29, 1.82) is 0 Å². The summed E-state index contributed by atoms with van der Waals surface area (Å²) in [6, 6.07) is 5.48. The average molecular weight is 302 g/mol. The Morgan fingerprint density at radius 1 is 1.33 bits per heavy atom. The minimum atomic E-state index is 0.400. The van der Waals surface area contributed by atoms with Crippen LogP contribution in [0.15, 0.2) is 23.7 Å². The Bertz CT molecular complexity index is 569. The second-order valence-corrected chi connectivity index (χ2v) is 7.42. The summed E-state index contributed by atoms with van der Waals surface area (Å²) >= 11 is 1.78. The maximum Gasteiger partial charge on any atom is 0.0809 e. The number of nitrogens with zero attached hydrogens (tertiary/aromatic N) is 1. The number of nitrogens with one attached hydrogen (secondary N) is 1. The zero-order valence-corrected chi connectivity index (χ0v) is 14.0. The Morgan fingerprint density at radius 3 is 2.90 bits per heavy atom. The molecule has 2 aromatic heterocycles. The van der Waals surface area contributed by atoms with Crippen molar-refractivity contribution in [2.24, 2.45) is 5.92 Å². The van der Waals surface area contributed by atoms with Gasteiger partial charge in [-0.2, -0.15) is 0 Å². The molecule has 0 radical (unpaired) electrons. The fourth-order valence-electron chi connectivity index (χ4n) is 3.57. The van der Waals surface area contributed by atoms with E-state index in [1.54, 1.807) is 11.3 Å². The number of thiophene rings is 1. The highest BCUT2D eigenvalue weighted by atomic mass is 32.1. The van der Waals surface area contributed by atoms with Crippen LogP contribution in [0.3, 0.4) is 0 Å². The van der Waals surface area contributed by atoms with Crippen molar-refractivity contribution in [2.45, 2.75) is 64.5 Å². The third-order valence-electron chi connectivity index (χ3n) is 4.85. The van der Waals surface area contributed by atoms with Crippen molar-refractivity contribution in [2.75, 3.05) is 0 Å². The zero-order valence-electron chi connectivity index (χ0n) is 13.1. The van der Waals surface area contributed by atoms with Crippen LogP contribution in [-0.4, -0.2) is 11.0 Å². The van der Waals surface area contributed by atoms with Gasteiger partial charge in [-0.05, 0) is 61.6 Å². The third kappa shape index (κ3) is 3.64. The van der Waals surface area contributed by atoms with E-state index < -0.39 is 0 Å². The molecule has 1 unspecified atom stereocenters. The summed E-state index contributed by atoms with van der Waals surface area (Å²) in [7, 11) is 0. The largest absolute Gasteiger partial charge is 0.307 e. The summed E-state index contributed by atoms with van der Waals surface area (Å²) in [5.41, 5.74) is 2.44. The Balaban J connectivity index is 1.57. The van der Waals surface area contributed by atoms with Crippen molar-refractivity contribution < 1.29 is 0 Å². The molecule has 114 valence electrons. The van der Waals surface area contributed by atoms with Crippen molar-refractivity contribution >= 4 is 21.6 Å². The third-order valence-corrected chi connectivity index (χ3v) is 5.71. The molecular formula is C18H26N2S. The van der Waals surface area contributed by atoms with Crippen LogP contribution in [0.2, 0.25) is 0 Å². The molecule has 1 atom stereocenters. The summed E-state index contributed by atoms with van der Waals surface area (Å²) < 4.78 is 1.30. The molecule has 0 aromatic carbocycles. The first-order valence-corrected chi connectivity index (χ1v) is 9.23. The first kappa shape index (κ1) is 15.0. The molecule has 1 saturated carbocycles. The van der Waals surface area contributed by atoms with Gasteiger partial charge >= 0.3 is 0 Å². The smallest absolute Gasteiger partial charge is 0.0809 e. The maximum atomic E-state index is 4.56. The maximum absolute atomic E-state index is 4.56. The molecule has 0 spiro atoms. The molecule has 3 heteroatoms. The van der Waals surface area contributed by atoms with E-state index in [1.807, 2.05) is 6.20 Å². The first-order chi connectivity index (χ1) is 10.3. The van der Waals surface area contributed by atoms with Crippen molar-refractivity contribution in [3.8, 4) is 0 Å². The molecule has 0 aliphatic heterocycles. The highest BCUT2D eigenvalue weighted by Gasteiger charge is 2.22. The standard InChI is InChI=1S/C18H26N2S/c1-3-4-14-5-7-16(8-6-14)20-13(2)15-11-18-17(19-12-15)9-10-21-18/h9-14,16,20H,3-8H2,1-2H3. The first-order valence-electron chi connectivity index (χ1n) is 8.35. The van der Waals surface area contributed by atoms with Crippen LogP contribution < -0.4 is 5.32 Å². The van der Waals surface area contributed by atoms with Gasteiger partial charge in [-0.3, -0.25) is 4.98 Å². The molecule has 0 saturated heterocycles. The topological polar surface area (TPSA) is 24.9 Å². The molecule has 2 heterocycles. The van der Waals surface area contributed by atoms with Gasteiger partial charge in [0.2, 0.25) is 0 Å². The van der Waals surface area contributed by atoms with Crippen LogP contribution in [0.4, 0.5) is 0 Å². The molecule has 2 aromatic rings. The van der Waals surface area contributed by atoms with E-state index in [1.165, 1.54) is 48.8 Å². The van der Waals surface area contributed by atoms with Crippen LogP contribution in [-0.2, 0) is 0 Å². The lowest BCUT2D eigenvalue weighted by molar-refractivity contribution is 0.266. The molecule has 1 aliphatic carbocycles. The summed E-state index contributed by atoms with van der Waals surface area (Å²) in [4.78, 5) is 4.56. The predicted octanol–water partition coefficient (Wildman–Crippen LogP) is 5.31. The number of fused-ring (bicyclic) bond motifs is 1. The van der Waals surface area contributed by atoms with E-state index in [9.17, 15) is 0 Å². The van der Waals surface area contributed by atoms with E-state index in [0.717, 1.165) is 11.4 Å². The van der Waals surface area contributed by atoms with E-state index >= 15 is 0 Å². The molecular weight excluding hydrogens is 276 g/mol. The molecule has 1 fully saturated rings. The average Bonchev–Trinajstić information content (AvgIpc) is 2.97. The molecule has 1 N–H and O–H groups in total. The minimum Gasteiger partial charge on any atom is -0.307 e. The van der Waals surface area contributed by atoms with Gasteiger partial charge in [-0.15, -0.1) is 11.3 Å². The zero-order chi connectivity index (χ0) is 14.7. The predicted molar refractivity (Wildman–Crippen MR) is 91.8 cm³/mol. The SMILES string of the molecule is CCCC1CCC(NC(C)c2cnc3ccsc3c2)CC1. The molecule has 3 rings (SSSR count). The van der Waals surface area contributed by atoms with Gasteiger partial charge in [0.05, 0.1) is 10.2 Å². The Morgan fingerprint density at radius 2 is 2.14 bits per heavy atom. The Hall–Kier alpha value is -0.930. The Kier molecular flexibility index (Phi) is 4.91. The summed E-state index contributed by atoms with van der Waals surface area (Å²) in [5, 5.41) is 5.94. The fourth-order valence-corrected chi connectivity index (χ4v) is 4.36. The van der Waals surface area contributed by atoms with E-state index in [0.29, 0.717) is 12.1 Å². The van der Waals surface area contributed by atoms with Crippen LogP contribution in [0, 0.1) is 5.92 Å². The highest BCUT2D eigenvalue weighted by molar-refractivity contribution is 7.17. The molecule has 2 nitrogen and oxygen atoms in total. The van der Waals surface area contributed by atoms with E-state index in [-0.39, 0.29) is 0 Å². The number of aromatic nitrogens is 1. The fraction of sp³-hybridized carbons (Fsp3) is 0.611. The monoisotopic (exact) mass is 302 g/mol. The van der Waals surface area contributed by atoms with Crippen molar-refractivity contribution in [3.63, 3.8) is 0 Å². The van der Waals surface area contributed by atoms with Gasteiger partial charge in [-0.25, -0.2) is 0 Å². The summed E-state index contributed by atoms with van der Waals surface area (Å²) in [6.07, 6.45) is 10.3. The van der Waals surface area contributed by atoms with Crippen LogP contribution >= 0.6 is 11.3 Å². The van der Waals surface area contributed by atoms with Crippen LogP contribution in [0.5, 0.6) is 0 Å². The van der Waals surface area contributed by atoms with Crippen LogP contribution in [0.25, 0.3) is 10.2 Å². The molecule has 0 bridgehead atoms. The number of hydrogen-bond acceptors (Lipinski definition) is 3. The van der Waals surface area contributed by atoms with Crippen molar-refractivity contribution in [1.82, 2.24) is 10.3 Å². The van der Waals surface area contributed by atoms with Gasteiger partial charge in [0.25, 0.3) is 0 Å². The quantitative estimate of drug-likeness (QED) is 0.810. The summed E-state index contributed by atoms with van der Waals surface area (Å²) in [5.74, 6) is 0.979. The molecule has 0 amide bonds. The summed E-state index contributed by atoms with van der Waals surface area (Å²) in [6.45, 7) is 4.58. The van der Waals surface area contributed by atoms with E-state index in [2.05, 4.69) is 41.7 Å².